The van der Waals surface area contributed by atoms with Crippen molar-refractivity contribution in [1.82, 2.24) is 24.7 Å². The van der Waals surface area contributed by atoms with E-state index in [9.17, 15) is 9.59 Å². The lowest BCUT2D eigenvalue weighted by Crippen LogP contribution is -2.12. The fraction of sp³-hybridized carbons (Fsp3) is 0. The van der Waals surface area contributed by atoms with Gasteiger partial charge >= 0.3 is 0 Å². The van der Waals surface area contributed by atoms with Crippen molar-refractivity contribution in [2.45, 2.75) is 0 Å². The van der Waals surface area contributed by atoms with Gasteiger partial charge in [0.05, 0.1) is 29.4 Å². The van der Waals surface area contributed by atoms with Crippen molar-refractivity contribution in [3.05, 3.63) is 95.3 Å². The molecular weight excluding hydrogens is 392 g/mol. The number of fused-ring (bicyclic) bond motifs is 2. The predicted molar refractivity (Wildman–Crippen MR) is 119 cm³/mol. The Labute approximate surface area is 175 Å². The number of benzene rings is 2. The molecule has 0 radical (unpaired) electrons. The van der Waals surface area contributed by atoms with E-state index in [-0.39, 0.29) is 11.5 Å². The number of H-pyrrole nitrogens is 1. The molecular formula is C23H16N6O2. The maximum absolute atomic E-state index is 12.6. The molecule has 0 saturated carbocycles. The third kappa shape index (κ3) is 3.46. The summed E-state index contributed by atoms with van der Waals surface area (Å²) >= 11 is 0. The number of aromatic nitrogens is 5. The molecule has 3 aromatic heterocycles. The van der Waals surface area contributed by atoms with E-state index >= 15 is 0 Å². The average Bonchev–Trinajstić information content (AvgIpc) is 3.23. The minimum absolute atomic E-state index is 0.274. The summed E-state index contributed by atoms with van der Waals surface area (Å²) in [6.07, 6.45) is 7.70. The van der Waals surface area contributed by atoms with Crippen LogP contribution in [0.1, 0.15) is 5.56 Å². The van der Waals surface area contributed by atoms with Crippen LogP contribution in [-0.2, 0) is 4.79 Å². The number of anilines is 1. The van der Waals surface area contributed by atoms with Crippen LogP contribution in [0.5, 0.6) is 0 Å². The molecule has 31 heavy (non-hydrogen) atoms. The number of pyridine rings is 1. The van der Waals surface area contributed by atoms with Crippen LogP contribution in [0.15, 0.2) is 84.2 Å². The van der Waals surface area contributed by atoms with E-state index in [1.165, 1.54) is 23.3 Å². The third-order valence-electron chi connectivity index (χ3n) is 4.84. The quantitative estimate of drug-likeness (QED) is 0.444. The monoisotopic (exact) mass is 408 g/mol. The molecule has 2 N–H and O–H groups in total. The van der Waals surface area contributed by atoms with Crippen LogP contribution in [-0.4, -0.2) is 30.6 Å². The first kappa shape index (κ1) is 18.4. The Balaban J connectivity index is 1.46. The van der Waals surface area contributed by atoms with E-state index in [4.69, 9.17) is 0 Å². The summed E-state index contributed by atoms with van der Waals surface area (Å²) in [6, 6.07) is 16.9. The van der Waals surface area contributed by atoms with Gasteiger partial charge in [0.1, 0.15) is 5.39 Å². The Morgan fingerprint density at radius 1 is 1.03 bits per heavy atom. The number of carbonyl (C=O) groups excluding carboxylic acids is 1. The van der Waals surface area contributed by atoms with Gasteiger partial charge in [-0.1, -0.05) is 36.4 Å². The molecule has 2 aromatic carbocycles. The fourth-order valence-electron chi connectivity index (χ4n) is 3.40. The second-order valence-electron chi connectivity index (χ2n) is 6.79. The van der Waals surface area contributed by atoms with Gasteiger partial charge in [-0.15, -0.1) is 0 Å². The van der Waals surface area contributed by atoms with Gasteiger partial charge in [0.2, 0.25) is 5.91 Å². The van der Waals surface area contributed by atoms with Crippen molar-refractivity contribution in [1.29, 1.82) is 0 Å². The van der Waals surface area contributed by atoms with Crippen molar-refractivity contribution >= 4 is 39.6 Å². The minimum Gasteiger partial charge on any atom is -0.321 e. The second kappa shape index (κ2) is 7.68. The number of aromatic amines is 1. The maximum Gasteiger partial charge on any atom is 0.261 e. The number of rotatable bonds is 4. The molecule has 0 saturated heterocycles. The predicted octanol–water partition coefficient (Wildman–Crippen LogP) is 3.31. The Morgan fingerprint density at radius 2 is 1.90 bits per heavy atom. The lowest BCUT2D eigenvalue weighted by molar-refractivity contribution is -0.111. The highest BCUT2D eigenvalue weighted by molar-refractivity contribution is 6.04. The summed E-state index contributed by atoms with van der Waals surface area (Å²) in [7, 11) is 0. The van der Waals surface area contributed by atoms with E-state index in [0.717, 1.165) is 16.5 Å². The Hall–Kier alpha value is -4.59. The van der Waals surface area contributed by atoms with Gasteiger partial charge in [0.25, 0.3) is 5.56 Å². The molecule has 3 heterocycles. The highest BCUT2D eigenvalue weighted by Crippen LogP contribution is 2.22. The zero-order chi connectivity index (χ0) is 21.2. The Bertz CT molecular complexity index is 1510. The summed E-state index contributed by atoms with van der Waals surface area (Å²) in [5.41, 5.74) is 2.95. The maximum atomic E-state index is 12.6. The molecule has 1 amide bonds. The topological polar surface area (TPSA) is 106 Å². The van der Waals surface area contributed by atoms with Crippen LogP contribution >= 0.6 is 0 Å². The van der Waals surface area contributed by atoms with Gasteiger partial charge in [-0.25, -0.2) is 9.67 Å². The lowest BCUT2D eigenvalue weighted by atomic mass is 10.1. The van der Waals surface area contributed by atoms with Gasteiger partial charge in [-0.2, -0.15) is 5.10 Å². The molecule has 0 bridgehead atoms. The zero-order valence-electron chi connectivity index (χ0n) is 16.2. The van der Waals surface area contributed by atoms with Crippen molar-refractivity contribution < 1.29 is 4.79 Å². The van der Waals surface area contributed by atoms with Crippen LogP contribution in [0.4, 0.5) is 5.69 Å². The highest BCUT2D eigenvalue weighted by atomic mass is 16.1. The molecule has 0 atom stereocenters. The largest absolute Gasteiger partial charge is 0.321 e. The van der Waals surface area contributed by atoms with Crippen LogP contribution in [0.25, 0.3) is 33.7 Å². The SMILES string of the molecule is O=C(/C=C/c1cccc2cccnc12)Nc1ccccc1-n1ncc2c(=O)[nH]cnc21. The van der Waals surface area contributed by atoms with Gasteiger partial charge < -0.3 is 10.3 Å². The van der Waals surface area contributed by atoms with Gasteiger partial charge in [-0.05, 0) is 24.3 Å². The first-order valence-corrected chi connectivity index (χ1v) is 9.54. The van der Waals surface area contributed by atoms with Crippen molar-refractivity contribution in [2.75, 3.05) is 5.32 Å². The zero-order valence-corrected chi connectivity index (χ0v) is 16.2. The van der Waals surface area contributed by atoms with Crippen molar-refractivity contribution in [3.8, 4) is 5.69 Å². The first-order valence-electron chi connectivity index (χ1n) is 9.54. The number of amides is 1. The van der Waals surface area contributed by atoms with E-state index in [1.54, 1.807) is 24.4 Å². The third-order valence-corrected chi connectivity index (χ3v) is 4.84. The number of nitrogens with zero attached hydrogens (tertiary/aromatic N) is 4. The number of para-hydroxylation sites is 3. The summed E-state index contributed by atoms with van der Waals surface area (Å²) in [6.45, 7) is 0. The van der Waals surface area contributed by atoms with Crippen LogP contribution in [0.3, 0.4) is 0 Å². The normalized spacial score (nSPS) is 11.4. The Kier molecular flexibility index (Phi) is 4.57. The van der Waals surface area contributed by atoms with E-state index < -0.39 is 0 Å². The molecule has 5 aromatic rings. The second-order valence-corrected chi connectivity index (χ2v) is 6.79. The van der Waals surface area contributed by atoms with Crippen molar-refractivity contribution in [2.24, 2.45) is 0 Å². The molecule has 0 fully saturated rings. The summed E-state index contributed by atoms with van der Waals surface area (Å²) in [5, 5.41) is 8.53. The molecule has 0 aliphatic carbocycles. The van der Waals surface area contributed by atoms with Gasteiger partial charge in [0, 0.05) is 23.2 Å². The van der Waals surface area contributed by atoms with Gasteiger partial charge in [-0.3, -0.25) is 14.6 Å². The smallest absolute Gasteiger partial charge is 0.261 e. The molecule has 0 aliphatic heterocycles. The lowest BCUT2D eigenvalue weighted by Gasteiger charge is -2.10. The van der Waals surface area contributed by atoms with Gasteiger partial charge in [0.15, 0.2) is 5.65 Å². The van der Waals surface area contributed by atoms with Crippen molar-refractivity contribution in [3.63, 3.8) is 0 Å². The molecule has 0 unspecified atom stereocenters. The highest BCUT2D eigenvalue weighted by Gasteiger charge is 2.13. The number of carbonyl (C=O) groups is 1. The van der Waals surface area contributed by atoms with E-state index in [1.807, 2.05) is 42.5 Å². The molecule has 8 nitrogen and oxygen atoms in total. The summed E-state index contributed by atoms with van der Waals surface area (Å²) in [5.74, 6) is -0.303. The standard InChI is InChI=1S/C23H16N6O2/c30-20(11-10-16-6-3-5-15-7-4-12-24-21(15)16)28-18-8-1-2-9-19(18)29-22-17(13-27-29)23(31)26-14-25-22/h1-14H,(H,28,30)(H,25,26,31)/b11-10+. The van der Waals surface area contributed by atoms with E-state index in [0.29, 0.717) is 22.4 Å². The first-order chi connectivity index (χ1) is 15.2. The number of hydrogen-bond acceptors (Lipinski definition) is 5. The molecule has 8 heteroatoms. The molecule has 0 aliphatic rings. The number of nitrogens with one attached hydrogen (secondary N) is 2. The average molecular weight is 408 g/mol. The number of hydrogen-bond donors (Lipinski definition) is 2. The Morgan fingerprint density at radius 3 is 2.84 bits per heavy atom. The molecule has 0 spiro atoms. The molecule has 5 rings (SSSR count). The summed E-state index contributed by atoms with van der Waals surface area (Å²) in [4.78, 5) is 35.7. The summed E-state index contributed by atoms with van der Waals surface area (Å²) < 4.78 is 1.53. The van der Waals surface area contributed by atoms with E-state index in [2.05, 4.69) is 25.4 Å². The van der Waals surface area contributed by atoms with Crippen LogP contribution < -0.4 is 10.9 Å². The van der Waals surface area contributed by atoms with Crippen LogP contribution in [0, 0.1) is 0 Å². The fourth-order valence-corrected chi connectivity index (χ4v) is 3.40. The van der Waals surface area contributed by atoms with Crippen LogP contribution in [0.2, 0.25) is 0 Å². The minimum atomic E-state index is -0.303. The molecule has 150 valence electrons.